The van der Waals surface area contributed by atoms with E-state index in [1.165, 1.54) is 0 Å². The fourth-order valence-electron chi connectivity index (χ4n) is 1.40. The zero-order valence-corrected chi connectivity index (χ0v) is 11.5. The monoisotopic (exact) mass is 229 g/mol. The molecule has 0 N–H and O–H groups in total. The van der Waals surface area contributed by atoms with E-state index in [2.05, 4.69) is 27.7 Å². The molecule has 0 aromatic heterocycles. The van der Waals surface area contributed by atoms with Crippen LogP contribution in [0.5, 0.6) is 0 Å². The maximum atomic E-state index is 11.8. The van der Waals surface area contributed by atoms with Crippen LogP contribution in [0.2, 0.25) is 0 Å². The molecule has 0 aliphatic rings. The van der Waals surface area contributed by atoms with Crippen molar-refractivity contribution in [1.82, 2.24) is 4.90 Å². The molecule has 0 bridgehead atoms. The Hall–Kier alpha value is -0.570. The molecule has 16 heavy (non-hydrogen) atoms. The van der Waals surface area contributed by atoms with Crippen molar-refractivity contribution in [3.63, 3.8) is 0 Å². The lowest BCUT2D eigenvalue weighted by Crippen LogP contribution is -2.36. The molecule has 96 valence electrons. The topological polar surface area (TPSA) is 29.5 Å². The number of hydrogen-bond donors (Lipinski definition) is 0. The molecule has 0 spiro atoms. The van der Waals surface area contributed by atoms with E-state index in [-0.39, 0.29) is 12.5 Å². The fraction of sp³-hybridized carbons (Fsp3) is 0.923. The predicted octanol–water partition coefficient (Wildman–Crippen LogP) is 2.55. The van der Waals surface area contributed by atoms with Gasteiger partial charge in [-0.2, -0.15) is 0 Å². The van der Waals surface area contributed by atoms with Gasteiger partial charge < -0.3 is 9.64 Å². The van der Waals surface area contributed by atoms with E-state index >= 15 is 0 Å². The number of carbonyl (C=O) groups excluding carboxylic acids is 1. The summed E-state index contributed by atoms with van der Waals surface area (Å²) in [6.45, 7) is 10.6. The Morgan fingerprint density at radius 1 is 1.06 bits per heavy atom. The van der Waals surface area contributed by atoms with Crippen LogP contribution in [-0.2, 0) is 9.53 Å². The molecule has 0 saturated heterocycles. The second-order valence-corrected chi connectivity index (χ2v) is 5.18. The van der Waals surface area contributed by atoms with E-state index in [1.54, 1.807) is 7.11 Å². The Bertz CT molecular complexity index is 178. The second kappa shape index (κ2) is 8.57. The van der Waals surface area contributed by atoms with E-state index in [9.17, 15) is 4.79 Å². The molecule has 0 aromatic rings. The van der Waals surface area contributed by atoms with Crippen molar-refractivity contribution in [2.45, 2.75) is 40.5 Å². The van der Waals surface area contributed by atoms with E-state index in [0.29, 0.717) is 11.8 Å². The Morgan fingerprint density at radius 2 is 1.50 bits per heavy atom. The Labute approximate surface area is 100 Å². The quantitative estimate of drug-likeness (QED) is 0.640. The molecular weight excluding hydrogens is 202 g/mol. The van der Waals surface area contributed by atoms with Crippen LogP contribution in [0.25, 0.3) is 0 Å². The SMILES string of the molecule is COCC(=O)N(CCC(C)C)CCC(C)C. The van der Waals surface area contributed by atoms with Gasteiger partial charge in [0.05, 0.1) is 0 Å². The molecular formula is C13H27NO2. The summed E-state index contributed by atoms with van der Waals surface area (Å²) in [6.07, 6.45) is 2.13. The first kappa shape index (κ1) is 15.4. The zero-order chi connectivity index (χ0) is 12.6. The van der Waals surface area contributed by atoms with E-state index in [0.717, 1.165) is 25.9 Å². The van der Waals surface area contributed by atoms with Gasteiger partial charge in [-0.15, -0.1) is 0 Å². The van der Waals surface area contributed by atoms with E-state index < -0.39 is 0 Å². The summed E-state index contributed by atoms with van der Waals surface area (Å²) in [6, 6.07) is 0. The van der Waals surface area contributed by atoms with Crippen LogP contribution in [0, 0.1) is 11.8 Å². The highest BCUT2D eigenvalue weighted by atomic mass is 16.5. The summed E-state index contributed by atoms with van der Waals surface area (Å²) in [5, 5.41) is 0. The minimum Gasteiger partial charge on any atom is -0.375 e. The van der Waals surface area contributed by atoms with Crippen molar-refractivity contribution in [3.05, 3.63) is 0 Å². The van der Waals surface area contributed by atoms with Gasteiger partial charge in [-0.05, 0) is 24.7 Å². The van der Waals surface area contributed by atoms with Gasteiger partial charge in [0.1, 0.15) is 6.61 Å². The Morgan fingerprint density at radius 3 is 1.81 bits per heavy atom. The van der Waals surface area contributed by atoms with Gasteiger partial charge in [0.15, 0.2) is 0 Å². The molecule has 0 saturated carbocycles. The summed E-state index contributed by atoms with van der Waals surface area (Å²) in [5.74, 6) is 1.39. The van der Waals surface area contributed by atoms with Gasteiger partial charge in [-0.3, -0.25) is 4.79 Å². The average Bonchev–Trinajstić information content (AvgIpc) is 2.17. The van der Waals surface area contributed by atoms with Crippen LogP contribution < -0.4 is 0 Å². The Balaban J connectivity index is 4.09. The summed E-state index contributed by atoms with van der Waals surface area (Å²) in [4.78, 5) is 13.7. The molecule has 0 aromatic carbocycles. The van der Waals surface area contributed by atoms with Gasteiger partial charge in [-0.25, -0.2) is 0 Å². The molecule has 0 atom stereocenters. The molecule has 3 heteroatoms. The van der Waals surface area contributed by atoms with Crippen molar-refractivity contribution in [3.8, 4) is 0 Å². The first-order chi connectivity index (χ1) is 7.47. The lowest BCUT2D eigenvalue weighted by Gasteiger charge is -2.24. The van der Waals surface area contributed by atoms with Crippen molar-refractivity contribution in [2.24, 2.45) is 11.8 Å². The largest absolute Gasteiger partial charge is 0.375 e. The third-order valence-corrected chi connectivity index (χ3v) is 2.57. The highest BCUT2D eigenvalue weighted by molar-refractivity contribution is 5.77. The normalized spacial score (nSPS) is 11.2. The number of carbonyl (C=O) groups is 1. The molecule has 0 fully saturated rings. The first-order valence-electron chi connectivity index (χ1n) is 6.24. The van der Waals surface area contributed by atoms with Crippen molar-refractivity contribution in [1.29, 1.82) is 0 Å². The van der Waals surface area contributed by atoms with Crippen molar-refractivity contribution in [2.75, 3.05) is 26.8 Å². The lowest BCUT2D eigenvalue weighted by molar-refractivity contribution is -0.135. The highest BCUT2D eigenvalue weighted by Crippen LogP contribution is 2.06. The highest BCUT2D eigenvalue weighted by Gasteiger charge is 2.13. The third-order valence-electron chi connectivity index (χ3n) is 2.57. The smallest absolute Gasteiger partial charge is 0.248 e. The van der Waals surface area contributed by atoms with Crippen molar-refractivity contribution < 1.29 is 9.53 Å². The molecule has 0 aliphatic heterocycles. The zero-order valence-electron chi connectivity index (χ0n) is 11.5. The molecule has 0 heterocycles. The molecule has 1 amide bonds. The van der Waals surface area contributed by atoms with Gasteiger partial charge >= 0.3 is 0 Å². The van der Waals surface area contributed by atoms with Gasteiger partial charge in [0, 0.05) is 20.2 Å². The molecule has 0 rings (SSSR count). The van der Waals surface area contributed by atoms with Gasteiger partial charge in [0.2, 0.25) is 5.91 Å². The Kier molecular flexibility index (Phi) is 8.26. The summed E-state index contributed by atoms with van der Waals surface area (Å²) < 4.78 is 4.91. The summed E-state index contributed by atoms with van der Waals surface area (Å²) >= 11 is 0. The first-order valence-corrected chi connectivity index (χ1v) is 6.24. The maximum absolute atomic E-state index is 11.8. The van der Waals surface area contributed by atoms with E-state index in [1.807, 2.05) is 4.90 Å². The minimum atomic E-state index is 0.115. The molecule has 0 aliphatic carbocycles. The standard InChI is InChI=1S/C13H27NO2/c1-11(2)6-8-14(9-7-12(3)4)13(15)10-16-5/h11-12H,6-10H2,1-5H3. The second-order valence-electron chi connectivity index (χ2n) is 5.18. The third kappa shape index (κ3) is 7.69. The lowest BCUT2D eigenvalue weighted by atomic mass is 10.1. The number of methoxy groups -OCH3 is 1. The van der Waals surface area contributed by atoms with Gasteiger partial charge in [0.25, 0.3) is 0 Å². The van der Waals surface area contributed by atoms with Crippen LogP contribution in [0.1, 0.15) is 40.5 Å². The minimum absolute atomic E-state index is 0.115. The van der Waals surface area contributed by atoms with Crippen LogP contribution >= 0.6 is 0 Å². The van der Waals surface area contributed by atoms with Gasteiger partial charge in [-0.1, -0.05) is 27.7 Å². The predicted molar refractivity (Wildman–Crippen MR) is 67.4 cm³/mol. The average molecular weight is 229 g/mol. The molecule has 0 unspecified atom stereocenters. The summed E-state index contributed by atoms with van der Waals surface area (Å²) in [5.41, 5.74) is 0. The van der Waals surface area contributed by atoms with Crippen LogP contribution in [0.15, 0.2) is 0 Å². The van der Waals surface area contributed by atoms with E-state index in [4.69, 9.17) is 4.74 Å². The number of hydrogen-bond acceptors (Lipinski definition) is 2. The van der Waals surface area contributed by atoms with Crippen LogP contribution in [-0.4, -0.2) is 37.6 Å². The molecule has 3 nitrogen and oxygen atoms in total. The summed E-state index contributed by atoms with van der Waals surface area (Å²) in [7, 11) is 1.57. The maximum Gasteiger partial charge on any atom is 0.248 e. The molecule has 0 radical (unpaired) electrons. The number of ether oxygens (including phenoxy) is 1. The van der Waals surface area contributed by atoms with Crippen molar-refractivity contribution >= 4 is 5.91 Å². The number of nitrogens with zero attached hydrogens (tertiary/aromatic N) is 1. The number of amides is 1. The number of rotatable bonds is 8. The van der Waals surface area contributed by atoms with Crippen LogP contribution in [0.3, 0.4) is 0 Å². The fourth-order valence-corrected chi connectivity index (χ4v) is 1.40. The van der Waals surface area contributed by atoms with Crippen LogP contribution in [0.4, 0.5) is 0 Å².